The van der Waals surface area contributed by atoms with Gasteiger partial charge in [-0.3, -0.25) is 4.79 Å². The van der Waals surface area contributed by atoms with Crippen LogP contribution in [-0.2, 0) is 11.4 Å². The zero-order chi connectivity index (χ0) is 24.7. The molecule has 174 valence electrons. The topological polar surface area (TPSA) is 122 Å². The Morgan fingerprint density at radius 1 is 1.12 bits per heavy atom. The fourth-order valence-electron chi connectivity index (χ4n) is 2.82. The monoisotopic (exact) mass is 500 g/mol. The Morgan fingerprint density at radius 2 is 1.91 bits per heavy atom. The minimum absolute atomic E-state index is 0.0176. The number of hydrogen-bond donors (Lipinski definition) is 2. The molecule has 2 aromatic carbocycles. The zero-order valence-corrected chi connectivity index (χ0v) is 19.3. The van der Waals surface area contributed by atoms with Gasteiger partial charge in [0.15, 0.2) is 11.5 Å². The number of ether oxygens (including phenoxy) is 2. The fourth-order valence-corrected chi connectivity index (χ4v) is 3.27. The molecule has 3 rings (SSSR count). The van der Waals surface area contributed by atoms with Crippen LogP contribution in [-0.4, -0.2) is 23.6 Å². The number of aromatic carboxylic acids is 1. The highest BCUT2D eigenvalue weighted by molar-refractivity contribution is 6.36. The first kappa shape index (κ1) is 24.7. The molecule has 0 radical (unpaired) electrons. The van der Waals surface area contributed by atoms with Crippen LogP contribution in [0, 0.1) is 11.3 Å². The summed E-state index contributed by atoms with van der Waals surface area (Å²) in [6.45, 7) is 2.12. The molecule has 0 aliphatic carbocycles. The predicted octanol–water partition coefficient (Wildman–Crippen LogP) is 5.81. The SMILES string of the molecule is CCOc1cc(C=C(C#N)C(=O)Nc2ccc(Cl)cc2Cl)ccc1OCc1ccc(C(=O)O)o1. The van der Waals surface area contributed by atoms with Gasteiger partial charge in [-0.15, -0.1) is 0 Å². The molecule has 2 N–H and O–H groups in total. The average Bonchev–Trinajstić information content (AvgIpc) is 3.28. The number of hydrogen-bond acceptors (Lipinski definition) is 6. The molecule has 34 heavy (non-hydrogen) atoms. The van der Waals surface area contributed by atoms with Crippen molar-refractivity contribution in [2.24, 2.45) is 0 Å². The van der Waals surface area contributed by atoms with Crippen molar-refractivity contribution in [1.29, 1.82) is 5.26 Å². The van der Waals surface area contributed by atoms with E-state index in [1.807, 2.05) is 6.07 Å². The first-order valence-electron chi connectivity index (χ1n) is 9.90. The Morgan fingerprint density at radius 3 is 2.56 bits per heavy atom. The van der Waals surface area contributed by atoms with Gasteiger partial charge >= 0.3 is 5.97 Å². The van der Waals surface area contributed by atoms with E-state index in [1.165, 1.54) is 30.3 Å². The molecule has 10 heteroatoms. The average molecular weight is 501 g/mol. The molecule has 0 aliphatic heterocycles. The fraction of sp³-hybridized carbons (Fsp3) is 0.125. The van der Waals surface area contributed by atoms with Gasteiger partial charge in [0.05, 0.1) is 17.3 Å². The lowest BCUT2D eigenvalue weighted by molar-refractivity contribution is -0.112. The third-order valence-electron chi connectivity index (χ3n) is 4.37. The summed E-state index contributed by atoms with van der Waals surface area (Å²) in [5.41, 5.74) is 0.690. The number of nitrogens with zero attached hydrogens (tertiary/aromatic N) is 1. The minimum atomic E-state index is -1.17. The van der Waals surface area contributed by atoms with Gasteiger partial charge in [-0.2, -0.15) is 5.26 Å². The molecule has 3 aromatic rings. The summed E-state index contributed by atoms with van der Waals surface area (Å²) in [7, 11) is 0. The summed E-state index contributed by atoms with van der Waals surface area (Å²) in [6.07, 6.45) is 1.40. The second kappa shape index (κ2) is 11.3. The Labute approximate surface area is 204 Å². The van der Waals surface area contributed by atoms with Crippen LogP contribution < -0.4 is 14.8 Å². The molecule has 0 spiro atoms. The molecule has 0 aliphatic rings. The summed E-state index contributed by atoms with van der Waals surface area (Å²) in [5.74, 6) is -0.924. The molecule has 0 fully saturated rings. The van der Waals surface area contributed by atoms with Crippen molar-refractivity contribution in [1.82, 2.24) is 0 Å². The van der Waals surface area contributed by atoms with Crippen LogP contribution in [0.1, 0.15) is 28.8 Å². The number of carboxylic acids is 1. The molecule has 8 nitrogen and oxygen atoms in total. The summed E-state index contributed by atoms with van der Waals surface area (Å²) >= 11 is 11.9. The Bertz CT molecular complexity index is 1290. The number of amides is 1. The standard InChI is InChI=1S/C24H18Cl2N2O6/c1-2-32-22-10-14(3-7-20(22)33-13-17-5-8-21(34-17)24(30)31)9-15(12-27)23(29)28-19-6-4-16(25)11-18(19)26/h3-11H,2,13H2,1H3,(H,28,29)(H,30,31). The largest absolute Gasteiger partial charge is 0.490 e. The molecule has 0 saturated heterocycles. The number of carbonyl (C=O) groups is 2. The number of anilines is 1. The highest BCUT2D eigenvalue weighted by atomic mass is 35.5. The maximum atomic E-state index is 12.6. The number of halogens is 2. The molecule has 0 unspecified atom stereocenters. The van der Waals surface area contributed by atoms with E-state index in [9.17, 15) is 14.9 Å². The Kier molecular flexibility index (Phi) is 8.19. The maximum Gasteiger partial charge on any atom is 0.371 e. The van der Waals surface area contributed by atoms with Crippen molar-refractivity contribution < 1.29 is 28.6 Å². The van der Waals surface area contributed by atoms with Crippen molar-refractivity contribution in [3.05, 3.63) is 81.2 Å². The maximum absolute atomic E-state index is 12.6. The van der Waals surface area contributed by atoms with Crippen LogP contribution in [0.15, 0.2) is 58.5 Å². The number of carbonyl (C=O) groups excluding carboxylic acids is 1. The Balaban J connectivity index is 1.78. The van der Waals surface area contributed by atoms with Gasteiger partial charge in [-0.1, -0.05) is 29.3 Å². The third-order valence-corrected chi connectivity index (χ3v) is 4.91. The highest BCUT2D eigenvalue weighted by Gasteiger charge is 2.14. The number of benzene rings is 2. The highest BCUT2D eigenvalue weighted by Crippen LogP contribution is 2.31. The normalized spacial score (nSPS) is 10.9. The van der Waals surface area contributed by atoms with Gasteiger partial charge < -0.3 is 24.3 Å². The van der Waals surface area contributed by atoms with Crippen LogP contribution in [0.2, 0.25) is 10.0 Å². The van der Waals surface area contributed by atoms with Crippen LogP contribution in [0.4, 0.5) is 5.69 Å². The van der Waals surface area contributed by atoms with Crippen molar-refractivity contribution in [2.75, 3.05) is 11.9 Å². The second-order valence-electron chi connectivity index (χ2n) is 6.75. The molecular formula is C24H18Cl2N2O6. The van der Waals surface area contributed by atoms with E-state index < -0.39 is 11.9 Å². The smallest absolute Gasteiger partial charge is 0.371 e. The lowest BCUT2D eigenvalue weighted by atomic mass is 10.1. The van der Waals surface area contributed by atoms with Gasteiger partial charge in [0.2, 0.25) is 5.76 Å². The summed E-state index contributed by atoms with van der Waals surface area (Å²) in [5, 5.41) is 21.7. The van der Waals surface area contributed by atoms with E-state index in [1.54, 1.807) is 31.2 Å². The number of rotatable bonds is 9. The molecule has 1 aromatic heterocycles. The quantitative estimate of drug-likeness (QED) is 0.280. The molecular weight excluding hydrogens is 483 g/mol. The van der Waals surface area contributed by atoms with Crippen LogP contribution in [0.3, 0.4) is 0 Å². The van der Waals surface area contributed by atoms with Gasteiger partial charge in [0, 0.05) is 5.02 Å². The summed E-state index contributed by atoms with van der Waals surface area (Å²) < 4.78 is 16.5. The molecule has 0 bridgehead atoms. The molecule has 0 atom stereocenters. The summed E-state index contributed by atoms with van der Waals surface area (Å²) in [4.78, 5) is 23.5. The molecule has 1 amide bonds. The van der Waals surface area contributed by atoms with Crippen molar-refractivity contribution in [2.45, 2.75) is 13.5 Å². The van der Waals surface area contributed by atoms with Crippen LogP contribution >= 0.6 is 23.2 Å². The number of furan rings is 1. The van der Waals surface area contributed by atoms with Crippen molar-refractivity contribution >= 4 is 46.8 Å². The second-order valence-corrected chi connectivity index (χ2v) is 7.59. The van der Waals surface area contributed by atoms with Crippen LogP contribution in [0.25, 0.3) is 6.08 Å². The van der Waals surface area contributed by atoms with Crippen LogP contribution in [0.5, 0.6) is 11.5 Å². The van der Waals surface area contributed by atoms with E-state index in [4.69, 9.17) is 42.2 Å². The van der Waals surface area contributed by atoms with Crippen molar-refractivity contribution in [3.8, 4) is 17.6 Å². The van der Waals surface area contributed by atoms with Crippen molar-refractivity contribution in [3.63, 3.8) is 0 Å². The van der Waals surface area contributed by atoms with Gasteiger partial charge in [0.25, 0.3) is 5.91 Å². The van der Waals surface area contributed by atoms with E-state index in [0.29, 0.717) is 40.1 Å². The molecule has 0 saturated carbocycles. The number of carboxylic acid groups (broad SMARTS) is 1. The number of nitriles is 1. The predicted molar refractivity (Wildman–Crippen MR) is 126 cm³/mol. The van der Waals surface area contributed by atoms with Gasteiger partial charge in [-0.05, 0) is 61.0 Å². The van der Waals surface area contributed by atoms with E-state index >= 15 is 0 Å². The van der Waals surface area contributed by atoms with E-state index in [2.05, 4.69) is 5.32 Å². The third kappa shape index (κ3) is 6.32. The van der Waals surface area contributed by atoms with Gasteiger partial charge in [-0.25, -0.2) is 4.79 Å². The van der Waals surface area contributed by atoms with E-state index in [-0.39, 0.29) is 23.0 Å². The zero-order valence-electron chi connectivity index (χ0n) is 17.8. The lowest BCUT2D eigenvalue weighted by Crippen LogP contribution is -2.13. The first-order valence-corrected chi connectivity index (χ1v) is 10.7. The first-order chi connectivity index (χ1) is 16.3. The van der Waals surface area contributed by atoms with E-state index in [0.717, 1.165) is 0 Å². The molecule has 1 heterocycles. The minimum Gasteiger partial charge on any atom is -0.490 e. The summed E-state index contributed by atoms with van der Waals surface area (Å²) in [6, 6.07) is 14.2. The van der Waals surface area contributed by atoms with Gasteiger partial charge in [0.1, 0.15) is 24.0 Å². The number of nitrogens with one attached hydrogen (secondary N) is 1. The lowest BCUT2D eigenvalue weighted by Gasteiger charge is -2.12. The Hall–Kier alpha value is -3.93.